The van der Waals surface area contributed by atoms with E-state index in [4.69, 9.17) is 0 Å². The second-order valence-corrected chi connectivity index (χ2v) is 3.95. The first-order valence-electron chi connectivity index (χ1n) is 3.22. The number of carbonyl (C=O) groups excluding carboxylic acids is 1. The van der Waals surface area contributed by atoms with Crippen molar-refractivity contribution in [3.05, 3.63) is 20.8 Å². The lowest BCUT2D eigenvalue weighted by molar-refractivity contribution is -0.118. The van der Waals surface area contributed by atoms with Crippen molar-refractivity contribution in [2.45, 2.75) is 6.92 Å². The van der Waals surface area contributed by atoms with Crippen LogP contribution >= 0.6 is 27.3 Å². The highest BCUT2D eigenvalue weighted by Gasteiger charge is 1.92. The molecule has 1 aromatic heterocycles. The van der Waals surface area contributed by atoms with Gasteiger partial charge in [0.1, 0.15) is 0 Å². The SMILES string of the molecule is CC(=O)N/N=C\c1cc(Br)cs1. The molecule has 0 spiro atoms. The van der Waals surface area contributed by atoms with Crippen LogP contribution in [0.2, 0.25) is 0 Å². The number of hydrazone groups is 1. The summed E-state index contributed by atoms with van der Waals surface area (Å²) in [6, 6.07) is 1.93. The van der Waals surface area contributed by atoms with E-state index in [9.17, 15) is 4.79 Å². The number of hydrogen-bond acceptors (Lipinski definition) is 3. The minimum atomic E-state index is -0.165. The molecule has 0 saturated heterocycles. The van der Waals surface area contributed by atoms with Gasteiger partial charge < -0.3 is 0 Å². The van der Waals surface area contributed by atoms with Crippen LogP contribution < -0.4 is 5.43 Å². The van der Waals surface area contributed by atoms with Gasteiger partial charge in [0.05, 0.1) is 6.21 Å². The van der Waals surface area contributed by atoms with E-state index < -0.39 is 0 Å². The highest BCUT2D eigenvalue weighted by Crippen LogP contribution is 2.17. The van der Waals surface area contributed by atoms with Gasteiger partial charge in [-0.15, -0.1) is 11.3 Å². The largest absolute Gasteiger partial charge is 0.274 e. The van der Waals surface area contributed by atoms with Crippen molar-refractivity contribution >= 4 is 39.4 Å². The Kier molecular flexibility index (Phi) is 3.43. The zero-order chi connectivity index (χ0) is 8.97. The minimum Gasteiger partial charge on any atom is -0.274 e. The van der Waals surface area contributed by atoms with Gasteiger partial charge in [-0.1, -0.05) is 0 Å². The van der Waals surface area contributed by atoms with Gasteiger partial charge in [-0.3, -0.25) is 4.79 Å². The molecule has 0 aliphatic heterocycles. The van der Waals surface area contributed by atoms with Gasteiger partial charge >= 0.3 is 0 Å². The average Bonchev–Trinajstić information content (AvgIpc) is 2.35. The van der Waals surface area contributed by atoms with Gasteiger partial charge in [0, 0.05) is 21.7 Å². The van der Waals surface area contributed by atoms with E-state index in [0.29, 0.717) is 0 Å². The van der Waals surface area contributed by atoms with Crippen molar-refractivity contribution in [1.82, 2.24) is 5.43 Å². The molecule has 0 aromatic carbocycles. The smallest absolute Gasteiger partial charge is 0.236 e. The van der Waals surface area contributed by atoms with Crippen LogP contribution in [0.5, 0.6) is 0 Å². The Balaban J connectivity index is 2.52. The van der Waals surface area contributed by atoms with E-state index in [1.54, 1.807) is 17.6 Å². The third kappa shape index (κ3) is 3.15. The van der Waals surface area contributed by atoms with E-state index in [2.05, 4.69) is 26.5 Å². The first-order chi connectivity index (χ1) is 5.68. The van der Waals surface area contributed by atoms with Gasteiger partial charge in [0.15, 0.2) is 0 Å². The monoisotopic (exact) mass is 246 g/mol. The van der Waals surface area contributed by atoms with Gasteiger partial charge in [0.25, 0.3) is 0 Å². The summed E-state index contributed by atoms with van der Waals surface area (Å²) in [5.41, 5.74) is 2.33. The topological polar surface area (TPSA) is 41.5 Å². The zero-order valence-corrected chi connectivity index (χ0v) is 8.78. The van der Waals surface area contributed by atoms with Crippen LogP contribution in [-0.4, -0.2) is 12.1 Å². The number of hydrogen-bond donors (Lipinski definition) is 1. The second kappa shape index (κ2) is 4.37. The van der Waals surface area contributed by atoms with Crippen LogP contribution in [0.4, 0.5) is 0 Å². The Bertz CT molecular complexity index is 308. The van der Waals surface area contributed by atoms with Crippen molar-refractivity contribution in [2.75, 3.05) is 0 Å². The number of carbonyl (C=O) groups is 1. The van der Waals surface area contributed by atoms with E-state index in [0.717, 1.165) is 9.35 Å². The molecule has 1 rings (SSSR count). The summed E-state index contributed by atoms with van der Waals surface area (Å²) in [5, 5.41) is 5.67. The summed E-state index contributed by atoms with van der Waals surface area (Å²) in [4.78, 5) is 11.4. The second-order valence-electron chi connectivity index (χ2n) is 2.09. The van der Waals surface area contributed by atoms with Gasteiger partial charge in [0.2, 0.25) is 5.91 Å². The summed E-state index contributed by atoms with van der Waals surface area (Å²) in [5.74, 6) is -0.165. The summed E-state index contributed by atoms with van der Waals surface area (Å²) in [6.45, 7) is 1.42. The summed E-state index contributed by atoms with van der Waals surface area (Å²) < 4.78 is 1.02. The molecule has 0 saturated carbocycles. The number of halogens is 1. The third-order valence-corrected chi connectivity index (χ3v) is 2.63. The number of thiophene rings is 1. The fraction of sp³-hybridized carbons (Fsp3) is 0.143. The summed E-state index contributed by atoms with van der Waals surface area (Å²) in [6.07, 6.45) is 1.61. The first-order valence-corrected chi connectivity index (χ1v) is 4.89. The molecule has 1 N–H and O–H groups in total. The lowest BCUT2D eigenvalue weighted by Crippen LogP contribution is -2.11. The highest BCUT2D eigenvalue weighted by atomic mass is 79.9. The molecular formula is C7H7BrN2OS. The molecule has 0 atom stereocenters. The highest BCUT2D eigenvalue weighted by molar-refractivity contribution is 9.10. The van der Waals surface area contributed by atoms with Crippen LogP contribution in [0.25, 0.3) is 0 Å². The van der Waals surface area contributed by atoms with Crippen LogP contribution in [0, 0.1) is 0 Å². The Hall–Kier alpha value is -0.680. The molecule has 0 fully saturated rings. The summed E-state index contributed by atoms with van der Waals surface area (Å²) in [7, 11) is 0. The van der Waals surface area contributed by atoms with Crippen LogP contribution in [-0.2, 0) is 4.79 Å². The fourth-order valence-electron chi connectivity index (χ4n) is 0.583. The molecule has 0 unspecified atom stereocenters. The normalized spacial score (nSPS) is 10.5. The molecule has 0 aliphatic rings. The Labute approximate surface area is 82.6 Å². The zero-order valence-electron chi connectivity index (χ0n) is 6.37. The third-order valence-electron chi connectivity index (χ3n) is 1.00. The van der Waals surface area contributed by atoms with Crippen LogP contribution in [0.3, 0.4) is 0 Å². The maximum absolute atomic E-state index is 10.4. The summed E-state index contributed by atoms with van der Waals surface area (Å²) >= 11 is 4.87. The van der Waals surface area contributed by atoms with Crippen molar-refractivity contribution in [3.8, 4) is 0 Å². The van der Waals surface area contributed by atoms with Gasteiger partial charge in [-0.05, 0) is 22.0 Å². The van der Waals surface area contributed by atoms with Crippen molar-refractivity contribution in [2.24, 2.45) is 5.10 Å². The Morgan fingerprint density at radius 1 is 1.83 bits per heavy atom. The van der Waals surface area contributed by atoms with Gasteiger partial charge in [-0.25, -0.2) is 5.43 Å². The van der Waals surface area contributed by atoms with Crippen molar-refractivity contribution in [1.29, 1.82) is 0 Å². The number of amides is 1. The molecule has 1 amide bonds. The molecule has 12 heavy (non-hydrogen) atoms. The molecule has 3 nitrogen and oxygen atoms in total. The van der Waals surface area contributed by atoms with Crippen LogP contribution in [0.15, 0.2) is 21.0 Å². The number of nitrogens with zero attached hydrogens (tertiary/aromatic N) is 1. The van der Waals surface area contributed by atoms with E-state index in [1.165, 1.54) is 6.92 Å². The van der Waals surface area contributed by atoms with E-state index in [-0.39, 0.29) is 5.91 Å². The number of rotatable bonds is 2. The molecular weight excluding hydrogens is 240 g/mol. The quantitative estimate of drug-likeness (QED) is 0.630. The molecule has 64 valence electrons. The Morgan fingerprint density at radius 2 is 2.58 bits per heavy atom. The standard InChI is InChI=1S/C7H7BrN2OS/c1-5(11)10-9-3-7-2-6(8)4-12-7/h2-4H,1H3,(H,10,11)/b9-3-. The first kappa shape index (κ1) is 9.41. The molecule has 0 aliphatic carbocycles. The average molecular weight is 247 g/mol. The lowest BCUT2D eigenvalue weighted by Gasteiger charge is -1.88. The molecule has 5 heteroatoms. The van der Waals surface area contributed by atoms with Crippen LogP contribution in [0.1, 0.15) is 11.8 Å². The maximum Gasteiger partial charge on any atom is 0.236 e. The molecule has 0 radical (unpaired) electrons. The maximum atomic E-state index is 10.4. The van der Waals surface area contributed by atoms with Crippen molar-refractivity contribution < 1.29 is 4.79 Å². The fourth-order valence-corrected chi connectivity index (χ4v) is 1.89. The van der Waals surface area contributed by atoms with E-state index >= 15 is 0 Å². The predicted octanol–water partition coefficient (Wildman–Crippen LogP) is 1.98. The van der Waals surface area contributed by atoms with Gasteiger partial charge in [-0.2, -0.15) is 5.10 Å². The molecule has 1 heterocycles. The lowest BCUT2D eigenvalue weighted by atomic mass is 10.5. The number of nitrogens with one attached hydrogen (secondary N) is 1. The van der Waals surface area contributed by atoms with E-state index in [1.807, 2.05) is 11.4 Å². The molecule has 0 bridgehead atoms. The predicted molar refractivity (Wildman–Crippen MR) is 53.4 cm³/mol. The minimum absolute atomic E-state index is 0.165. The molecule has 1 aromatic rings. The van der Waals surface area contributed by atoms with Crippen molar-refractivity contribution in [3.63, 3.8) is 0 Å². The Morgan fingerprint density at radius 3 is 3.08 bits per heavy atom.